The van der Waals surface area contributed by atoms with Crippen molar-refractivity contribution in [3.63, 3.8) is 0 Å². The van der Waals surface area contributed by atoms with Crippen molar-refractivity contribution < 1.29 is 14.6 Å². The second kappa shape index (κ2) is 4.77. The van der Waals surface area contributed by atoms with E-state index in [2.05, 4.69) is 4.98 Å². The number of halogens is 1. The Morgan fingerprint density at radius 1 is 1.10 bits per heavy atom. The van der Waals surface area contributed by atoms with Gasteiger partial charge in [-0.25, -0.2) is 9.37 Å². The van der Waals surface area contributed by atoms with Crippen LogP contribution in [0.3, 0.4) is 0 Å². The fraction of sp³-hybridized carbons (Fsp3) is 0.188. The maximum absolute atomic E-state index is 14.0. The Kier molecular flexibility index (Phi) is 3.05. The third-order valence-corrected chi connectivity index (χ3v) is 3.44. The first-order chi connectivity index (χ1) is 10.0. The Labute approximate surface area is 121 Å². The molecule has 0 saturated heterocycles. The highest BCUT2D eigenvalue weighted by atomic mass is 19.1. The molecule has 21 heavy (non-hydrogen) atoms. The molecule has 0 atom stereocenters. The zero-order chi connectivity index (χ0) is 15.1. The molecule has 3 aromatic rings. The van der Waals surface area contributed by atoms with Crippen molar-refractivity contribution in [1.82, 2.24) is 9.55 Å². The minimum Gasteiger partial charge on any atom is -0.504 e. The molecule has 0 aliphatic rings. The fourth-order valence-corrected chi connectivity index (χ4v) is 2.51. The van der Waals surface area contributed by atoms with E-state index in [0.717, 1.165) is 0 Å². The van der Waals surface area contributed by atoms with Crippen LogP contribution >= 0.6 is 0 Å². The van der Waals surface area contributed by atoms with Gasteiger partial charge in [0.25, 0.3) is 0 Å². The van der Waals surface area contributed by atoms with Gasteiger partial charge in [-0.15, -0.1) is 0 Å². The summed E-state index contributed by atoms with van der Waals surface area (Å²) >= 11 is 0. The minimum absolute atomic E-state index is 0.0218. The number of benzene rings is 2. The largest absolute Gasteiger partial charge is 0.504 e. The van der Waals surface area contributed by atoms with Crippen molar-refractivity contribution in [1.29, 1.82) is 0 Å². The number of aromatic hydroxyl groups is 2. The standard InChI is InChI=1S/C16H15FN2O2/c1-9(2)19-12-7-4-6-11(17)14(12)18-16(19)10-5-3-8-13(20)15(10)21/h3-9,20-21H,1-2H3. The lowest BCUT2D eigenvalue weighted by atomic mass is 10.1. The number of rotatable bonds is 2. The van der Waals surface area contributed by atoms with Crippen LogP contribution in [0.25, 0.3) is 22.4 Å². The van der Waals surface area contributed by atoms with Crippen molar-refractivity contribution >= 4 is 11.0 Å². The summed E-state index contributed by atoms with van der Waals surface area (Å²) in [7, 11) is 0. The molecule has 0 fully saturated rings. The maximum atomic E-state index is 14.0. The summed E-state index contributed by atoms with van der Waals surface area (Å²) in [6.07, 6.45) is 0. The van der Waals surface area contributed by atoms with Crippen molar-refractivity contribution in [2.45, 2.75) is 19.9 Å². The highest BCUT2D eigenvalue weighted by molar-refractivity contribution is 5.83. The van der Waals surface area contributed by atoms with Gasteiger partial charge in [0, 0.05) is 6.04 Å². The minimum atomic E-state index is -0.409. The van der Waals surface area contributed by atoms with Crippen LogP contribution in [-0.2, 0) is 0 Å². The number of hydrogen-bond acceptors (Lipinski definition) is 3. The zero-order valence-electron chi connectivity index (χ0n) is 11.7. The molecule has 2 aromatic carbocycles. The number of aromatic nitrogens is 2. The van der Waals surface area contributed by atoms with Gasteiger partial charge in [-0.05, 0) is 38.1 Å². The average molecular weight is 286 g/mol. The number of phenols is 2. The van der Waals surface area contributed by atoms with E-state index in [1.54, 1.807) is 24.3 Å². The topological polar surface area (TPSA) is 58.3 Å². The summed E-state index contributed by atoms with van der Waals surface area (Å²) in [5, 5.41) is 19.7. The monoisotopic (exact) mass is 286 g/mol. The molecule has 0 aliphatic carbocycles. The predicted molar refractivity (Wildman–Crippen MR) is 78.8 cm³/mol. The van der Waals surface area contributed by atoms with Crippen LogP contribution in [0, 0.1) is 5.82 Å². The number of phenolic OH excluding ortho intramolecular Hbond substituents is 2. The van der Waals surface area contributed by atoms with E-state index >= 15 is 0 Å². The summed E-state index contributed by atoms with van der Waals surface area (Å²) in [6.45, 7) is 3.91. The molecule has 2 N–H and O–H groups in total. The first-order valence-electron chi connectivity index (χ1n) is 6.68. The molecule has 108 valence electrons. The van der Waals surface area contributed by atoms with Gasteiger partial charge in [0.1, 0.15) is 11.3 Å². The Bertz CT molecular complexity index is 825. The van der Waals surface area contributed by atoms with Gasteiger partial charge in [-0.3, -0.25) is 0 Å². The summed E-state index contributed by atoms with van der Waals surface area (Å²) in [5.74, 6) is -0.461. The first kappa shape index (κ1) is 13.4. The second-order valence-electron chi connectivity index (χ2n) is 5.18. The Hall–Kier alpha value is -2.56. The molecule has 0 bridgehead atoms. The third-order valence-electron chi connectivity index (χ3n) is 3.44. The predicted octanol–water partition coefficient (Wildman–Crippen LogP) is 3.83. The molecule has 1 heterocycles. The molecule has 0 amide bonds. The van der Waals surface area contributed by atoms with Crippen LogP contribution in [0.4, 0.5) is 4.39 Å². The van der Waals surface area contributed by atoms with Crippen LogP contribution in [0.5, 0.6) is 11.5 Å². The fourth-order valence-electron chi connectivity index (χ4n) is 2.51. The molecule has 3 rings (SSSR count). The summed E-state index contributed by atoms with van der Waals surface area (Å²) in [4.78, 5) is 4.32. The quantitative estimate of drug-likeness (QED) is 0.704. The van der Waals surface area contributed by atoms with E-state index in [-0.39, 0.29) is 23.1 Å². The molecule has 0 saturated carbocycles. The highest BCUT2D eigenvalue weighted by Crippen LogP contribution is 2.38. The molecule has 0 radical (unpaired) electrons. The Morgan fingerprint density at radius 2 is 1.81 bits per heavy atom. The van der Waals surface area contributed by atoms with Crippen LogP contribution in [-0.4, -0.2) is 19.8 Å². The number of para-hydroxylation sites is 2. The van der Waals surface area contributed by atoms with Gasteiger partial charge in [0.05, 0.1) is 11.1 Å². The van der Waals surface area contributed by atoms with Gasteiger partial charge >= 0.3 is 0 Å². The Morgan fingerprint density at radius 3 is 2.52 bits per heavy atom. The van der Waals surface area contributed by atoms with E-state index in [0.29, 0.717) is 16.9 Å². The lowest BCUT2D eigenvalue weighted by molar-refractivity contribution is 0.404. The van der Waals surface area contributed by atoms with E-state index in [4.69, 9.17) is 0 Å². The highest BCUT2D eigenvalue weighted by Gasteiger charge is 2.20. The van der Waals surface area contributed by atoms with E-state index in [1.807, 2.05) is 18.4 Å². The maximum Gasteiger partial charge on any atom is 0.168 e. The molecular weight excluding hydrogens is 271 g/mol. The molecule has 0 unspecified atom stereocenters. The smallest absolute Gasteiger partial charge is 0.168 e. The van der Waals surface area contributed by atoms with E-state index in [9.17, 15) is 14.6 Å². The van der Waals surface area contributed by atoms with E-state index < -0.39 is 5.82 Å². The van der Waals surface area contributed by atoms with Gasteiger partial charge < -0.3 is 14.8 Å². The summed E-state index contributed by atoms with van der Waals surface area (Å²) in [6, 6.07) is 9.44. The average Bonchev–Trinajstić information content (AvgIpc) is 2.82. The van der Waals surface area contributed by atoms with Crippen LogP contribution < -0.4 is 0 Å². The molecule has 5 heteroatoms. The molecule has 4 nitrogen and oxygen atoms in total. The van der Waals surface area contributed by atoms with Crippen molar-refractivity contribution in [2.24, 2.45) is 0 Å². The number of hydrogen-bond donors (Lipinski definition) is 2. The van der Waals surface area contributed by atoms with Crippen molar-refractivity contribution in [3.05, 3.63) is 42.2 Å². The van der Waals surface area contributed by atoms with Gasteiger partial charge in [0.2, 0.25) is 0 Å². The van der Waals surface area contributed by atoms with Gasteiger partial charge in [-0.1, -0.05) is 12.1 Å². The molecular formula is C16H15FN2O2. The Balaban J connectivity index is 2.39. The lowest BCUT2D eigenvalue weighted by Gasteiger charge is -2.14. The van der Waals surface area contributed by atoms with Gasteiger partial charge in [-0.2, -0.15) is 0 Å². The van der Waals surface area contributed by atoms with Crippen LogP contribution in [0.1, 0.15) is 19.9 Å². The number of nitrogens with zero attached hydrogens (tertiary/aromatic N) is 2. The zero-order valence-corrected chi connectivity index (χ0v) is 11.7. The number of imidazole rings is 1. The van der Waals surface area contributed by atoms with Crippen molar-refractivity contribution in [2.75, 3.05) is 0 Å². The van der Waals surface area contributed by atoms with Crippen molar-refractivity contribution in [3.8, 4) is 22.9 Å². The molecule has 1 aromatic heterocycles. The third kappa shape index (κ3) is 2.01. The lowest BCUT2D eigenvalue weighted by Crippen LogP contribution is -2.03. The number of fused-ring (bicyclic) bond motifs is 1. The molecule has 0 aliphatic heterocycles. The van der Waals surface area contributed by atoms with E-state index in [1.165, 1.54) is 12.1 Å². The normalized spacial score (nSPS) is 11.4. The second-order valence-corrected chi connectivity index (χ2v) is 5.18. The molecule has 0 spiro atoms. The summed E-state index contributed by atoms with van der Waals surface area (Å²) in [5.41, 5.74) is 1.28. The van der Waals surface area contributed by atoms with Crippen LogP contribution in [0.15, 0.2) is 36.4 Å². The summed E-state index contributed by atoms with van der Waals surface area (Å²) < 4.78 is 15.8. The van der Waals surface area contributed by atoms with Crippen LogP contribution in [0.2, 0.25) is 0 Å². The first-order valence-corrected chi connectivity index (χ1v) is 6.68. The SMILES string of the molecule is CC(C)n1c(-c2cccc(O)c2O)nc2c(F)cccc21. The van der Waals surface area contributed by atoms with Gasteiger partial charge in [0.15, 0.2) is 17.3 Å².